The van der Waals surface area contributed by atoms with Gasteiger partial charge in [0.2, 0.25) is 0 Å². The molecule has 0 amide bonds. The van der Waals surface area contributed by atoms with Crippen molar-refractivity contribution in [3.05, 3.63) is 66.5 Å². The minimum atomic E-state index is 0.246. The first-order chi connectivity index (χ1) is 14.2. The summed E-state index contributed by atoms with van der Waals surface area (Å²) in [6.07, 6.45) is 11.3. The second kappa shape index (κ2) is 13.0. The van der Waals surface area contributed by atoms with E-state index in [-0.39, 0.29) is 6.04 Å². The third-order valence-corrected chi connectivity index (χ3v) is 5.10. The van der Waals surface area contributed by atoms with Crippen LogP contribution in [0.3, 0.4) is 0 Å². The van der Waals surface area contributed by atoms with Crippen molar-refractivity contribution in [2.75, 3.05) is 13.1 Å². The zero-order chi connectivity index (χ0) is 20.9. The van der Waals surface area contributed by atoms with E-state index in [1.165, 1.54) is 11.8 Å². The molecule has 0 aliphatic carbocycles. The molecule has 2 rings (SSSR count). The monoisotopic (exact) mass is 392 g/mol. The number of unbranched alkanes of at least 4 members (excludes halogenated alkanes) is 2. The van der Waals surface area contributed by atoms with Gasteiger partial charge in [0.25, 0.3) is 0 Å². The second-order valence-electron chi connectivity index (χ2n) is 7.33. The molecule has 0 aliphatic rings. The lowest BCUT2D eigenvalue weighted by Gasteiger charge is -2.32. The quantitative estimate of drug-likeness (QED) is 0.278. The highest BCUT2D eigenvalue weighted by Gasteiger charge is 2.22. The van der Waals surface area contributed by atoms with Crippen molar-refractivity contribution < 1.29 is 0 Å². The number of rotatable bonds is 13. The van der Waals surface area contributed by atoms with E-state index < -0.39 is 0 Å². The Labute approximate surface area is 176 Å². The first-order valence-electron chi connectivity index (χ1n) is 10.8. The topological polar surface area (TPSA) is 54.5 Å². The number of nitrogens with zero attached hydrogens (tertiary/aromatic N) is 3. The van der Waals surface area contributed by atoms with Gasteiger partial charge < -0.3 is 5.73 Å². The normalized spacial score (nSPS) is 13.4. The summed E-state index contributed by atoms with van der Waals surface area (Å²) in [4.78, 5) is 12.1. The SMILES string of the molecule is C=C/C=C(\N=C/C)C(CCCC)N(CCCCN)Cc1ccc2ccccc2n1. The van der Waals surface area contributed by atoms with Gasteiger partial charge in [-0.1, -0.05) is 56.7 Å². The number of para-hydroxylation sites is 1. The lowest BCUT2D eigenvalue weighted by molar-refractivity contribution is 0.193. The predicted octanol–water partition coefficient (Wildman–Crippen LogP) is 5.50. The zero-order valence-corrected chi connectivity index (χ0v) is 18.1. The molecule has 1 atom stereocenters. The fourth-order valence-corrected chi connectivity index (χ4v) is 3.63. The number of fused-ring (bicyclic) bond motifs is 1. The molecule has 0 fully saturated rings. The highest BCUT2D eigenvalue weighted by Crippen LogP contribution is 2.22. The summed E-state index contributed by atoms with van der Waals surface area (Å²) >= 11 is 0. The first kappa shape index (κ1) is 23.0. The maximum absolute atomic E-state index is 5.76. The van der Waals surface area contributed by atoms with Crippen LogP contribution in [0.5, 0.6) is 0 Å². The van der Waals surface area contributed by atoms with E-state index in [1.54, 1.807) is 0 Å². The second-order valence-corrected chi connectivity index (χ2v) is 7.33. The Bertz CT molecular complexity index is 809. The number of hydrogen-bond donors (Lipinski definition) is 1. The lowest BCUT2D eigenvalue weighted by Crippen LogP contribution is -2.37. The van der Waals surface area contributed by atoms with E-state index in [0.29, 0.717) is 0 Å². The number of aliphatic imine (C=N–C) groups is 1. The van der Waals surface area contributed by atoms with Crippen LogP contribution in [-0.2, 0) is 6.54 Å². The molecule has 1 unspecified atom stereocenters. The molecule has 4 heteroatoms. The van der Waals surface area contributed by atoms with E-state index in [2.05, 4.69) is 53.7 Å². The summed E-state index contributed by atoms with van der Waals surface area (Å²) in [5.41, 5.74) is 8.98. The summed E-state index contributed by atoms with van der Waals surface area (Å²) in [5, 5.41) is 1.18. The molecule has 0 saturated heterocycles. The lowest BCUT2D eigenvalue weighted by atomic mass is 10.0. The fraction of sp³-hybridized carbons (Fsp3) is 0.440. The molecule has 4 nitrogen and oxygen atoms in total. The van der Waals surface area contributed by atoms with E-state index in [4.69, 9.17) is 10.7 Å². The summed E-state index contributed by atoms with van der Waals surface area (Å²) in [5.74, 6) is 0. The van der Waals surface area contributed by atoms with Crippen LogP contribution < -0.4 is 5.73 Å². The Hall–Kier alpha value is -2.30. The Balaban J connectivity index is 2.34. The number of benzene rings is 1. The molecular formula is C25H36N4. The smallest absolute Gasteiger partial charge is 0.0705 e. The maximum atomic E-state index is 5.76. The molecule has 1 heterocycles. The summed E-state index contributed by atoms with van der Waals surface area (Å²) in [6, 6.07) is 12.8. The van der Waals surface area contributed by atoms with Gasteiger partial charge >= 0.3 is 0 Å². The molecule has 2 N–H and O–H groups in total. The number of hydrogen-bond acceptors (Lipinski definition) is 4. The minimum Gasteiger partial charge on any atom is -0.330 e. The molecule has 0 radical (unpaired) electrons. The van der Waals surface area contributed by atoms with Gasteiger partial charge in [0.05, 0.1) is 22.9 Å². The summed E-state index contributed by atoms with van der Waals surface area (Å²) in [6.45, 7) is 10.6. The van der Waals surface area contributed by atoms with E-state index in [0.717, 1.165) is 62.2 Å². The molecule has 1 aromatic heterocycles. The van der Waals surface area contributed by atoms with Gasteiger partial charge in [0, 0.05) is 18.1 Å². The van der Waals surface area contributed by atoms with Crippen LogP contribution >= 0.6 is 0 Å². The Morgan fingerprint density at radius 2 is 2.03 bits per heavy atom. The third kappa shape index (κ3) is 7.22. The van der Waals surface area contributed by atoms with Crippen LogP contribution in [-0.4, -0.2) is 35.2 Å². The van der Waals surface area contributed by atoms with Gasteiger partial charge in [-0.15, -0.1) is 0 Å². The number of pyridine rings is 1. The van der Waals surface area contributed by atoms with Crippen molar-refractivity contribution in [3.63, 3.8) is 0 Å². The van der Waals surface area contributed by atoms with Crippen molar-refractivity contribution in [3.8, 4) is 0 Å². The highest BCUT2D eigenvalue weighted by atomic mass is 15.2. The fourth-order valence-electron chi connectivity index (χ4n) is 3.63. The van der Waals surface area contributed by atoms with Crippen molar-refractivity contribution in [1.82, 2.24) is 9.88 Å². The summed E-state index contributed by atoms with van der Waals surface area (Å²) in [7, 11) is 0. The van der Waals surface area contributed by atoms with Gasteiger partial charge in [-0.25, -0.2) is 0 Å². The zero-order valence-electron chi connectivity index (χ0n) is 18.1. The van der Waals surface area contributed by atoms with Crippen molar-refractivity contribution in [2.45, 2.75) is 58.5 Å². The highest BCUT2D eigenvalue weighted by molar-refractivity contribution is 5.78. The van der Waals surface area contributed by atoms with Crippen LogP contribution in [0.15, 0.2) is 65.8 Å². The van der Waals surface area contributed by atoms with Crippen LogP contribution in [0.1, 0.15) is 51.6 Å². The van der Waals surface area contributed by atoms with Crippen molar-refractivity contribution >= 4 is 17.1 Å². The van der Waals surface area contributed by atoms with Gasteiger partial charge in [0.15, 0.2) is 0 Å². The average molecular weight is 393 g/mol. The minimum absolute atomic E-state index is 0.246. The Morgan fingerprint density at radius 1 is 1.21 bits per heavy atom. The first-order valence-corrected chi connectivity index (χ1v) is 10.8. The molecule has 0 aliphatic heterocycles. The largest absolute Gasteiger partial charge is 0.330 e. The number of allylic oxidation sites excluding steroid dienone is 2. The molecule has 1 aromatic carbocycles. The van der Waals surface area contributed by atoms with E-state index in [1.807, 2.05) is 31.4 Å². The predicted molar refractivity (Wildman–Crippen MR) is 126 cm³/mol. The molecular weight excluding hydrogens is 356 g/mol. The molecule has 0 bridgehead atoms. The van der Waals surface area contributed by atoms with Crippen LogP contribution in [0.25, 0.3) is 10.9 Å². The third-order valence-electron chi connectivity index (χ3n) is 5.10. The average Bonchev–Trinajstić information content (AvgIpc) is 2.74. The summed E-state index contributed by atoms with van der Waals surface area (Å²) < 4.78 is 0. The molecule has 156 valence electrons. The van der Waals surface area contributed by atoms with Crippen LogP contribution in [0.4, 0.5) is 0 Å². The van der Waals surface area contributed by atoms with Crippen LogP contribution in [0.2, 0.25) is 0 Å². The number of nitrogens with two attached hydrogens (primary N) is 1. The standard InChI is InChI=1S/C25H36N4/c1-4-7-15-25(24(12-5-2)27-6-3)29(19-11-10-18-26)20-22-17-16-21-13-8-9-14-23(21)28-22/h5-6,8-9,12-14,16-17,25H,2,4,7,10-11,15,18-20,26H2,1,3H3/b24-12-,27-6-. The Kier molecular flexibility index (Phi) is 10.3. The molecule has 29 heavy (non-hydrogen) atoms. The van der Waals surface area contributed by atoms with Gasteiger partial charge in [0.1, 0.15) is 0 Å². The Morgan fingerprint density at radius 3 is 2.76 bits per heavy atom. The van der Waals surface area contributed by atoms with Crippen LogP contribution in [0, 0.1) is 0 Å². The molecule has 0 saturated carbocycles. The van der Waals surface area contributed by atoms with E-state index in [9.17, 15) is 0 Å². The van der Waals surface area contributed by atoms with Gasteiger partial charge in [-0.05, 0) is 57.5 Å². The molecule has 2 aromatic rings. The van der Waals surface area contributed by atoms with Gasteiger partial charge in [-0.3, -0.25) is 14.9 Å². The van der Waals surface area contributed by atoms with E-state index >= 15 is 0 Å². The molecule has 0 spiro atoms. The van der Waals surface area contributed by atoms with Crippen molar-refractivity contribution in [1.29, 1.82) is 0 Å². The van der Waals surface area contributed by atoms with Gasteiger partial charge in [-0.2, -0.15) is 0 Å². The number of aromatic nitrogens is 1. The van der Waals surface area contributed by atoms with Crippen molar-refractivity contribution in [2.24, 2.45) is 10.7 Å². The maximum Gasteiger partial charge on any atom is 0.0705 e.